The first-order valence-corrected chi connectivity index (χ1v) is 7.82. The molecule has 0 aromatic carbocycles. The van der Waals surface area contributed by atoms with Gasteiger partial charge in [0.15, 0.2) is 5.82 Å². The number of anilines is 2. The van der Waals surface area contributed by atoms with Gasteiger partial charge in [-0.1, -0.05) is 6.07 Å². The van der Waals surface area contributed by atoms with E-state index < -0.39 is 0 Å². The average molecular weight is 302 g/mol. The Kier molecular flexibility index (Phi) is 4.06. The van der Waals surface area contributed by atoms with Gasteiger partial charge in [0.25, 0.3) is 0 Å². The van der Waals surface area contributed by atoms with Crippen molar-refractivity contribution in [2.45, 2.75) is 6.54 Å². The number of nitrogens with one attached hydrogen (secondary N) is 1. The van der Waals surface area contributed by atoms with E-state index in [0.29, 0.717) is 13.1 Å². The largest absolute Gasteiger partial charge is 0.357 e. The summed E-state index contributed by atoms with van der Waals surface area (Å²) < 4.78 is 0. The van der Waals surface area contributed by atoms with E-state index in [0.717, 1.165) is 24.6 Å². The lowest BCUT2D eigenvalue weighted by atomic mass is 10.2. The van der Waals surface area contributed by atoms with E-state index >= 15 is 0 Å². The monoisotopic (exact) mass is 302 g/mol. The molecular weight excluding hydrogens is 284 g/mol. The number of hydrogen-bond donors (Lipinski definition) is 1. The molecule has 5 nitrogen and oxygen atoms in total. The van der Waals surface area contributed by atoms with E-state index in [1.807, 2.05) is 36.7 Å². The molecule has 110 valence electrons. The number of pyridine rings is 1. The van der Waals surface area contributed by atoms with Gasteiger partial charge < -0.3 is 15.1 Å². The molecule has 2 aromatic rings. The van der Waals surface area contributed by atoms with Gasteiger partial charge in [-0.15, -0.1) is 11.3 Å². The lowest BCUT2D eigenvalue weighted by molar-refractivity contribution is -0.119. The van der Waals surface area contributed by atoms with Crippen LogP contribution in [0.1, 0.15) is 4.88 Å². The maximum Gasteiger partial charge on any atom is 0.239 e. The van der Waals surface area contributed by atoms with Gasteiger partial charge in [0, 0.05) is 31.2 Å². The average Bonchev–Trinajstić information content (AvgIpc) is 3.02. The number of fused-ring (bicyclic) bond motifs is 1. The Hall–Kier alpha value is -2.08. The summed E-state index contributed by atoms with van der Waals surface area (Å²) in [6.07, 6.45) is 1.79. The SMILES string of the molecule is CN1CCN(CC(=O)NCc2cccs2)c2cccnc21. The van der Waals surface area contributed by atoms with Gasteiger partial charge in [0.2, 0.25) is 5.91 Å². The standard InChI is InChI=1S/C15H18N4OS/c1-18-7-8-19(13-5-2-6-16-15(13)18)11-14(20)17-10-12-4-3-9-21-12/h2-6,9H,7-8,10-11H2,1H3,(H,17,20). The fraction of sp³-hybridized carbons (Fsp3) is 0.333. The third-order valence-corrected chi connectivity index (χ3v) is 4.42. The van der Waals surface area contributed by atoms with Crippen molar-refractivity contribution in [1.29, 1.82) is 0 Å². The third kappa shape index (κ3) is 3.16. The summed E-state index contributed by atoms with van der Waals surface area (Å²) in [5.74, 6) is 0.984. The fourth-order valence-corrected chi connectivity index (χ4v) is 3.06. The highest BCUT2D eigenvalue weighted by Crippen LogP contribution is 2.28. The summed E-state index contributed by atoms with van der Waals surface area (Å²) in [6, 6.07) is 7.95. The quantitative estimate of drug-likeness (QED) is 0.934. The highest BCUT2D eigenvalue weighted by atomic mass is 32.1. The van der Waals surface area contributed by atoms with Crippen molar-refractivity contribution in [3.63, 3.8) is 0 Å². The lowest BCUT2D eigenvalue weighted by Crippen LogP contribution is -2.44. The molecule has 1 aliphatic rings. The molecule has 1 aliphatic heterocycles. The van der Waals surface area contributed by atoms with Crippen LogP contribution in [0.2, 0.25) is 0 Å². The van der Waals surface area contributed by atoms with Gasteiger partial charge in [-0.3, -0.25) is 4.79 Å². The number of amides is 1. The zero-order valence-corrected chi connectivity index (χ0v) is 12.8. The van der Waals surface area contributed by atoms with E-state index in [2.05, 4.69) is 20.1 Å². The van der Waals surface area contributed by atoms with E-state index in [1.165, 1.54) is 4.88 Å². The summed E-state index contributed by atoms with van der Waals surface area (Å²) in [7, 11) is 2.03. The molecule has 2 aromatic heterocycles. The first-order chi connectivity index (χ1) is 10.2. The Balaban J connectivity index is 1.62. The smallest absolute Gasteiger partial charge is 0.239 e. The van der Waals surface area contributed by atoms with Crippen molar-refractivity contribution >= 4 is 28.7 Å². The van der Waals surface area contributed by atoms with Crippen molar-refractivity contribution in [2.75, 3.05) is 36.5 Å². The van der Waals surface area contributed by atoms with Crippen LogP contribution in [0.3, 0.4) is 0 Å². The molecule has 0 unspecified atom stereocenters. The fourth-order valence-electron chi connectivity index (χ4n) is 2.42. The molecule has 1 N–H and O–H groups in total. The first kappa shape index (κ1) is 13.9. The van der Waals surface area contributed by atoms with Crippen molar-refractivity contribution in [3.8, 4) is 0 Å². The molecule has 3 heterocycles. The molecule has 21 heavy (non-hydrogen) atoms. The van der Waals surface area contributed by atoms with E-state index in [9.17, 15) is 4.79 Å². The summed E-state index contributed by atoms with van der Waals surface area (Å²) in [4.78, 5) is 21.9. The predicted octanol–water partition coefficient (Wildman–Crippen LogP) is 1.72. The Bertz CT molecular complexity index is 614. The van der Waals surface area contributed by atoms with Crippen LogP contribution in [0.5, 0.6) is 0 Å². The summed E-state index contributed by atoms with van der Waals surface area (Å²) in [5.41, 5.74) is 1.03. The molecule has 0 atom stereocenters. The second-order valence-corrected chi connectivity index (χ2v) is 6.08. The van der Waals surface area contributed by atoms with Gasteiger partial charge in [0.1, 0.15) is 0 Å². The molecule has 3 rings (SSSR count). The normalized spacial score (nSPS) is 14.0. The maximum absolute atomic E-state index is 12.1. The first-order valence-electron chi connectivity index (χ1n) is 6.94. The van der Waals surface area contributed by atoms with Crippen molar-refractivity contribution < 1.29 is 4.79 Å². The summed E-state index contributed by atoms with van der Waals surface area (Å²) in [6.45, 7) is 2.69. The van der Waals surface area contributed by atoms with Gasteiger partial charge in [0.05, 0.1) is 18.8 Å². The number of likely N-dealkylation sites (N-methyl/N-ethyl adjacent to an activating group) is 1. The Morgan fingerprint density at radius 3 is 3.10 bits per heavy atom. The second kappa shape index (κ2) is 6.13. The Morgan fingerprint density at radius 1 is 1.38 bits per heavy atom. The van der Waals surface area contributed by atoms with Gasteiger partial charge in [-0.2, -0.15) is 0 Å². The Labute approximate surface area is 128 Å². The minimum Gasteiger partial charge on any atom is -0.357 e. The maximum atomic E-state index is 12.1. The van der Waals surface area contributed by atoms with Gasteiger partial charge >= 0.3 is 0 Å². The second-order valence-electron chi connectivity index (χ2n) is 5.05. The van der Waals surface area contributed by atoms with Crippen LogP contribution in [0.4, 0.5) is 11.5 Å². The highest BCUT2D eigenvalue weighted by molar-refractivity contribution is 7.09. The number of aromatic nitrogens is 1. The zero-order valence-electron chi connectivity index (χ0n) is 12.0. The molecule has 0 saturated carbocycles. The number of rotatable bonds is 4. The third-order valence-electron chi connectivity index (χ3n) is 3.55. The highest BCUT2D eigenvalue weighted by Gasteiger charge is 2.22. The predicted molar refractivity (Wildman–Crippen MR) is 85.9 cm³/mol. The van der Waals surface area contributed by atoms with Gasteiger partial charge in [-0.25, -0.2) is 4.98 Å². The molecule has 0 saturated heterocycles. The van der Waals surface area contributed by atoms with Gasteiger partial charge in [-0.05, 0) is 23.6 Å². The molecule has 0 fully saturated rings. The number of nitrogens with zero attached hydrogens (tertiary/aromatic N) is 3. The molecule has 0 spiro atoms. The molecule has 6 heteroatoms. The van der Waals surface area contributed by atoms with Crippen molar-refractivity contribution in [1.82, 2.24) is 10.3 Å². The number of carbonyl (C=O) groups excluding carboxylic acids is 1. The molecule has 0 aliphatic carbocycles. The number of hydrogen-bond acceptors (Lipinski definition) is 5. The van der Waals surface area contributed by atoms with Crippen LogP contribution in [-0.2, 0) is 11.3 Å². The van der Waals surface area contributed by atoms with Crippen molar-refractivity contribution in [3.05, 3.63) is 40.7 Å². The van der Waals surface area contributed by atoms with Crippen LogP contribution in [-0.4, -0.2) is 37.6 Å². The zero-order chi connectivity index (χ0) is 14.7. The van der Waals surface area contributed by atoms with Crippen LogP contribution >= 0.6 is 11.3 Å². The number of carbonyl (C=O) groups is 1. The van der Waals surface area contributed by atoms with Crippen molar-refractivity contribution in [2.24, 2.45) is 0 Å². The summed E-state index contributed by atoms with van der Waals surface area (Å²) >= 11 is 1.65. The molecular formula is C15H18N4OS. The topological polar surface area (TPSA) is 48.5 Å². The molecule has 0 bridgehead atoms. The minimum atomic E-state index is 0.0442. The molecule has 0 radical (unpaired) electrons. The lowest BCUT2D eigenvalue weighted by Gasteiger charge is -2.35. The van der Waals surface area contributed by atoms with E-state index in [-0.39, 0.29) is 5.91 Å². The van der Waals surface area contributed by atoms with E-state index in [1.54, 1.807) is 17.5 Å². The number of thiophene rings is 1. The van der Waals surface area contributed by atoms with Crippen LogP contribution in [0, 0.1) is 0 Å². The van der Waals surface area contributed by atoms with Crippen LogP contribution in [0.25, 0.3) is 0 Å². The molecule has 1 amide bonds. The van der Waals surface area contributed by atoms with E-state index in [4.69, 9.17) is 0 Å². The minimum absolute atomic E-state index is 0.0442. The van der Waals surface area contributed by atoms with Crippen LogP contribution in [0.15, 0.2) is 35.8 Å². The summed E-state index contributed by atoms with van der Waals surface area (Å²) in [5, 5.41) is 4.99. The van der Waals surface area contributed by atoms with Crippen LogP contribution < -0.4 is 15.1 Å². The Morgan fingerprint density at radius 2 is 2.29 bits per heavy atom.